The number of hydrogen-bond acceptors (Lipinski definition) is 3. The van der Waals surface area contributed by atoms with Crippen molar-refractivity contribution in [2.75, 3.05) is 20.2 Å². The number of benzene rings is 1. The zero-order chi connectivity index (χ0) is 12.4. The van der Waals surface area contributed by atoms with E-state index in [4.69, 9.17) is 4.74 Å². The second-order valence-corrected chi connectivity index (χ2v) is 4.45. The first-order chi connectivity index (χ1) is 8.13. The lowest BCUT2D eigenvalue weighted by Gasteiger charge is -2.14. The van der Waals surface area contributed by atoms with Gasteiger partial charge >= 0.3 is 6.03 Å². The highest BCUT2D eigenvalue weighted by Crippen LogP contribution is 2.25. The summed E-state index contributed by atoms with van der Waals surface area (Å²) in [4.78, 5) is 24.7. The van der Waals surface area contributed by atoms with E-state index in [1.54, 1.807) is 18.2 Å². The third-order valence-electron chi connectivity index (χ3n) is 2.50. The molecule has 90 valence electrons. The smallest absolute Gasteiger partial charge is 0.324 e. The van der Waals surface area contributed by atoms with Gasteiger partial charge in [0.15, 0.2) is 0 Å². The van der Waals surface area contributed by atoms with Crippen molar-refractivity contribution in [1.82, 2.24) is 10.2 Å². The van der Waals surface area contributed by atoms with Gasteiger partial charge in [0.2, 0.25) is 0 Å². The topological polar surface area (TPSA) is 58.6 Å². The van der Waals surface area contributed by atoms with Gasteiger partial charge < -0.3 is 10.1 Å². The van der Waals surface area contributed by atoms with E-state index in [0.29, 0.717) is 24.4 Å². The van der Waals surface area contributed by atoms with Crippen LogP contribution in [-0.4, -0.2) is 37.0 Å². The third kappa shape index (κ3) is 2.26. The fraction of sp³-hybridized carbons (Fsp3) is 0.273. The Morgan fingerprint density at radius 1 is 1.53 bits per heavy atom. The first-order valence-corrected chi connectivity index (χ1v) is 5.86. The Bertz CT molecular complexity index is 476. The Hall–Kier alpha value is -1.56. The molecule has 3 amide bonds. The third-order valence-corrected chi connectivity index (χ3v) is 2.99. The lowest BCUT2D eigenvalue weighted by molar-refractivity contribution is 0.0826. The van der Waals surface area contributed by atoms with Gasteiger partial charge in [0.25, 0.3) is 5.91 Å². The zero-order valence-electron chi connectivity index (χ0n) is 9.20. The van der Waals surface area contributed by atoms with Crippen LogP contribution in [0.1, 0.15) is 10.4 Å². The number of urea groups is 1. The minimum Gasteiger partial charge on any atom is -0.496 e. The normalized spacial score (nSPS) is 14.7. The van der Waals surface area contributed by atoms with Crippen LogP contribution in [0.5, 0.6) is 5.75 Å². The van der Waals surface area contributed by atoms with E-state index in [9.17, 15) is 9.59 Å². The highest BCUT2D eigenvalue weighted by Gasteiger charge is 2.28. The summed E-state index contributed by atoms with van der Waals surface area (Å²) in [5.74, 6) is 0.105. The molecule has 1 aliphatic rings. The molecule has 1 aromatic rings. The molecule has 1 aromatic carbocycles. The highest BCUT2D eigenvalue weighted by atomic mass is 79.9. The number of rotatable bonds is 2. The summed E-state index contributed by atoms with van der Waals surface area (Å²) in [7, 11) is 1.49. The molecule has 0 unspecified atom stereocenters. The fourth-order valence-electron chi connectivity index (χ4n) is 1.65. The van der Waals surface area contributed by atoms with Crippen molar-refractivity contribution in [2.24, 2.45) is 0 Å². The zero-order valence-corrected chi connectivity index (χ0v) is 10.8. The van der Waals surface area contributed by atoms with Crippen LogP contribution in [0.2, 0.25) is 0 Å². The number of ether oxygens (including phenoxy) is 1. The maximum Gasteiger partial charge on any atom is 0.324 e. The summed E-state index contributed by atoms with van der Waals surface area (Å²) in [6.07, 6.45) is 0. The Morgan fingerprint density at radius 3 is 2.88 bits per heavy atom. The summed E-state index contributed by atoms with van der Waals surface area (Å²) in [5, 5.41) is 2.59. The molecule has 17 heavy (non-hydrogen) atoms. The summed E-state index contributed by atoms with van der Waals surface area (Å²) < 4.78 is 5.95. The second-order valence-electron chi connectivity index (χ2n) is 3.53. The first kappa shape index (κ1) is 11.9. The molecule has 2 rings (SSSR count). The van der Waals surface area contributed by atoms with E-state index in [1.165, 1.54) is 12.0 Å². The van der Waals surface area contributed by atoms with E-state index in [1.807, 2.05) is 0 Å². The predicted octanol–water partition coefficient (Wildman–Crippen LogP) is 1.62. The molecule has 0 radical (unpaired) electrons. The molecule has 1 saturated heterocycles. The predicted molar refractivity (Wildman–Crippen MR) is 65.1 cm³/mol. The number of carbonyl (C=O) groups excluding carboxylic acids is 2. The maximum absolute atomic E-state index is 12.1. The minimum atomic E-state index is -0.361. The van der Waals surface area contributed by atoms with Crippen molar-refractivity contribution >= 4 is 27.9 Å². The molecule has 1 fully saturated rings. The molecule has 0 bridgehead atoms. The number of hydrogen-bond donors (Lipinski definition) is 1. The van der Waals surface area contributed by atoms with Crippen LogP contribution < -0.4 is 10.1 Å². The number of carbonyl (C=O) groups is 2. The van der Waals surface area contributed by atoms with E-state index >= 15 is 0 Å². The van der Waals surface area contributed by atoms with Gasteiger partial charge in [-0.15, -0.1) is 0 Å². The second kappa shape index (κ2) is 4.75. The number of imide groups is 1. The minimum absolute atomic E-state index is 0.343. The van der Waals surface area contributed by atoms with Gasteiger partial charge in [0.1, 0.15) is 5.75 Å². The number of nitrogens with one attached hydrogen (secondary N) is 1. The first-order valence-electron chi connectivity index (χ1n) is 5.06. The van der Waals surface area contributed by atoms with Crippen LogP contribution in [0, 0.1) is 0 Å². The lowest BCUT2D eigenvalue weighted by atomic mass is 10.2. The molecule has 0 spiro atoms. The van der Waals surface area contributed by atoms with Crippen LogP contribution in [0.15, 0.2) is 22.7 Å². The molecule has 1 heterocycles. The Kier molecular flexibility index (Phi) is 3.33. The van der Waals surface area contributed by atoms with Crippen molar-refractivity contribution in [1.29, 1.82) is 0 Å². The molecule has 0 aromatic heterocycles. The van der Waals surface area contributed by atoms with Gasteiger partial charge in [-0.1, -0.05) is 15.9 Å². The summed E-state index contributed by atoms with van der Waals surface area (Å²) in [6, 6.07) is 4.71. The van der Waals surface area contributed by atoms with Crippen molar-refractivity contribution in [3.63, 3.8) is 0 Å². The van der Waals surface area contributed by atoms with Gasteiger partial charge in [0, 0.05) is 17.6 Å². The molecule has 0 aliphatic carbocycles. The molecule has 1 N–H and O–H groups in total. The van der Waals surface area contributed by atoms with Crippen LogP contribution in [0.25, 0.3) is 0 Å². The summed E-state index contributed by atoms with van der Waals surface area (Å²) >= 11 is 3.30. The maximum atomic E-state index is 12.1. The molecule has 0 saturated carbocycles. The van der Waals surface area contributed by atoms with Gasteiger partial charge in [-0.3, -0.25) is 9.69 Å². The Balaban J connectivity index is 2.33. The number of halogens is 1. The lowest BCUT2D eigenvalue weighted by Crippen LogP contribution is -2.34. The van der Waals surface area contributed by atoms with Crippen LogP contribution in [0.3, 0.4) is 0 Å². The summed E-state index contributed by atoms with van der Waals surface area (Å²) in [6.45, 7) is 0.875. The molecule has 5 nitrogen and oxygen atoms in total. The average Bonchev–Trinajstić information content (AvgIpc) is 2.74. The van der Waals surface area contributed by atoms with Crippen molar-refractivity contribution < 1.29 is 14.3 Å². The van der Waals surface area contributed by atoms with E-state index in [0.717, 1.165) is 4.47 Å². The van der Waals surface area contributed by atoms with Crippen molar-refractivity contribution in [3.05, 3.63) is 28.2 Å². The number of nitrogens with zero attached hydrogens (tertiary/aromatic N) is 1. The average molecular weight is 299 g/mol. The highest BCUT2D eigenvalue weighted by molar-refractivity contribution is 9.10. The molecular formula is C11H11BrN2O3. The molecular weight excluding hydrogens is 288 g/mol. The number of methoxy groups -OCH3 is 1. The summed E-state index contributed by atoms with van der Waals surface area (Å²) in [5.41, 5.74) is 0.382. The molecule has 1 aliphatic heterocycles. The Morgan fingerprint density at radius 2 is 2.29 bits per heavy atom. The van der Waals surface area contributed by atoms with E-state index in [-0.39, 0.29) is 11.9 Å². The standard InChI is InChI=1S/C11H11BrN2O3/c1-17-9-6-7(12)2-3-8(9)10(15)14-5-4-13-11(14)16/h2-3,6H,4-5H2,1H3,(H,13,16). The number of amides is 3. The van der Waals surface area contributed by atoms with Crippen molar-refractivity contribution in [2.45, 2.75) is 0 Å². The SMILES string of the molecule is COc1cc(Br)ccc1C(=O)N1CCNC1=O. The quantitative estimate of drug-likeness (QED) is 0.903. The van der Waals surface area contributed by atoms with Crippen molar-refractivity contribution in [3.8, 4) is 5.75 Å². The van der Waals surface area contributed by atoms with E-state index in [2.05, 4.69) is 21.2 Å². The largest absolute Gasteiger partial charge is 0.496 e. The monoisotopic (exact) mass is 298 g/mol. The van der Waals surface area contributed by atoms with Crippen LogP contribution >= 0.6 is 15.9 Å². The molecule has 6 heteroatoms. The van der Waals surface area contributed by atoms with Gasteiger partial charge in [0.05, 0.1) is 12.7 Å². The molecule has 0 atom stereocenters. The Labute approximate surface area is 107 Å². The fourth-order valence-corrected chi connectivity index (χ4v) is 1.99. The van der Waals surface area contributed by atoms with Gasteiger partial charge in [-0.05, 0) is 18.2 Å². The van der Waals surface area contributed by atoms with Gasteiger partial charge in [-0.2, -0.15) is 0 Å². The van der Waals surface area contributed by atoms with Crippen LogP contribution in [-0.2, 0) is 0 Å². The van der Waals surface area contributed by atoms with E-state index < -0.39 is 0 Å². The van der Waals surface area contributed by atoms with Gasteiger partial charge in [-0.25, -0.2) is 4.79 Å². The van der Waals surface area contributed by atoms with Crippen LogP contribution in [0.4, 0.5) is 4.79 Å².